The van der Waals surface area contributed by atoms with E-state index in [1.165, 1.54) is 0 Å². The highest BCUT2D eigenvalue weighted by Crippen LogP contribution is 2.07. The van der Waals surface area contributed by atoms with Crippen molar-refractivity contribution in [3.8, 4) is 0 Å². The summed E-state index contributed by atoms with van der Waals surface area (Å²) in [6.45, 7) is -0.205. The van der Waals surface area contributed by atoms with E-state index in [-0.39, 0.29) is 37.4 Å². The molecule has 0 aliphatic rings. The van der Waals surface area contributed by atoms with Crippen molar-refractivity contribution >= 4 is 17.5 Å². The van der Waals surface area contributed by atoms with E-state index in [1.54, 1.807) is 0 Å². The molecule has 0 aromatic carbocycles. The minimum Gasteiger partial charge on any atom is -0.480 e. The molecule has 0 bridgehead atoms. The zero-order valence-electron chi connectivity index (χ0n) is 11.8. The molecule has 0 rings (SSSR count). The molecule has 0 aliphatic heterocycles. The monoisotopic (exact) mass is 299 g/mol. The van der Waals surface area contributed by atoms with Crippen molar-refractivity contribution in [1.82, 2.24) is 0 Å². The van der Waals surface area contributed by atoms with Gasteiger partial charge in [-0.05, 0) is 31.2 Å². The Morgan fingerprint density at radius 3 is 2.29 bits per heavy atom. The number of hydrogen-bond acceptors (Lipinski definition) is 6. The number of carbonyl (C=O) groups excluding carboxylic acids is 2. The molecule has 0 heterocycles. The first kappa shape index (κ1) is 19.0. The molecule has 0 aliphatic carbocycles. The number of nitrogens with zero attached hydrogens (tertiary/aromatic N) is 3. The highest BCUT2D eigenvalue weighted by molar-refractivity contribution is 5.85. The number of rotatable bonds is 12. The molecule has 5 N–H and O–H groups in total. The molecule has 0 saturated heterocycles. The standard InChI is InChI=1S/C12H21N5O4/c13-9(4-2-5-10(14)12(20)21)11(19)6-1-3-8(18)7-16-17-15/h9-10H,1-7,13-14H2,(H,20,21). The van der Waals surface area contributed by atoms with Gasteiger partial charge in [-0.15, -0.1) is 0 Å². The van der Waals surface area contributed by atoms with Crippen LogP contribution in [0.25, 0.3) is 10.4 Å². The summed E-state index contributed by atoms with van der Waals surface area (Å²) in [6, 6.07) is -1.61. The second kappa shape index (κ2) is 10.8. The fourth-order valence-electron chi connectivity index (χ4n) is 1.68. The Kier molecular flexibility index (Phi) is 9.78. The van der Waals surface area contributed by atoms with E-state index >= 15 is 0 Å². The smallest absolute Gasteiger partial charge is 0.320 e. The van der Waals surface area contributed by atoms with Crippen LogP contribution in [0.15, 0.2) is 5.11 Å². The normalized spacial score (nSPS) is 13.0. The molecule has 118 valence electrons. The second-order valence-corrected chi connectivity index (χ2v) is 4.73. The second-order valence-electron chi connectivity index (χ2n) is 4.73. The summed E-state index contributed by atoms with van der Waals surface area (Å²) in [5.74, 6) is -1.47. The predicted octanol–water partition coefficient (Wildman–Crippen LogP) is 0.515. The van der Waals surface area contributed by atoms with Crippen molar-refractivity contribution in [2.75, 3.05) is 6.54 Å². The lowest BCUT2D eigenvalue weighted by Crippen LogP contribution is -2.33. The fraction of sp³-hybridized carbons (Fsp3) is 0.750. The molecule has 9 heteroatoms. The summed E-state index contributed by atoms with van der Waals surface area (Å²) >= 11 is 0. The highest BCUT2D eigenvalue weighted by atomic mass is 16.4. The van der Waals surface area contributed by atoms with Crippen LogP contribution in [0, 0.1) is 0 Å². The van der Waals surface area contributed by atoms with Gasteiger partial charge in [-0.2, -0.15) is 0 Å². The summed E-state index contributed by atoms with van der Waals surface area (Å²) in [4.78, 5) is 35.8. The lowest BCUT2D eigenvalue weighted by atomic mass is 10.00. The summed E-state index contributed by atoms with van der Waals surface area (Å²) in [5.41, 5.74) is 19.1. The number of azide groups is 1. The summed E-state index contributed by atoms with van der Waals surface area (Å²) < 4.78 is 0. The number of carboxylic acids is 1. The molecule has 2 unspecified atom stereocenters. The van der Waals surface area contributed by atoms with Crippen molar-refractivity contribution in [3.63, 3.8) is 0 Å². The van der Waals surface area contributed by atoms with Gasteiger partial charge in [0.15, 0.2) is 0 Å². The Balaban J connectivity index is 3.82. The van der Waals surface area contributed by atoms with Crippen LogP contribution in [0.1, 0.15) is 38.5 Å². The van der Waals surface area contributed by atoms with Crippen LogP contribution in [0.3, 0.4) is 0 Å². The summed E-state index contributed by atoms with van der Waals surface area (Å²) in [5, 5.41) is 11.7. The molecule has 0 aromatic rings. The van der Waals surface area contributed by atoms with Gasteiger partial charge in [0.1, 0.15) is 17.6 Å². The molecule has 21 heavy (non-hydrogen) atoms. The summed E-state index contributed by atoms with van der Waals surface area (Å²) in [6.07, 6.45) is 1.79. The molecular formula is C12H21N5O4. The fourth-order valence-corrected chi connectivity index (χ4v) is 1.68. The van der Waals surface area contributed by atoms with Crippen LogP contribution in [0.5, 0.6) is 0 Å². The lowest BCUT2D eigenvalue weighted by molar-refractivity contribution is -0.138. The molecule has 0 fully saturated rings. The number of ketones is 2. The zero-order valence-corrected chi connectivity index (χ0v) is 11.8. The minimum atomic E-state index is -1.08. The van der Waals surface area contributed by atoms with Gasteiger partial charge in [-0.1, -0.05) is 5.11 Å². The molecular weight excluding hydrogens is 278 g/mol. The molecule has 0 spiro atoms. The largest absolute Gasteiger partial charge is 0.480 e. The Labute approximate surface area is 122 Å². The lowest BCUT2D eigenvalue weighted by Gasteiger charge is -2.11. The Bertz CT molecular complexity index is 420. The van der Waals surface area contributed by atoms with E-state index in [4.69, 9.17) is 22.1 Å². The third-order valence-corrected chi connectivity index (χ3v) is 2.95. The van der Waals surface area contributed by atoms with E-state index in [0.717, 1.165) is 0 Å². The van der Waals surface area contributed by atoms with Crippen molar-refractivity contribution in [2.45, 2.75) is 50.6 Å². The Hall–Kier alpha value is -1.96. The third-order valence-electron chi connectivity index (χ3n) is 2.95. The van der Waals surface area contributed by atoms with Gasteiger partial charge in [0, 0.05) is 17.8 Å². The first-order valence-electron chi connectivity index (χ1n) is 6.67. The first-order valence-corrected chi connectivity index (χ1v) is 6.67. The zero-order chi connectivity index (χ0) is 16.3. The van der Waals surface area contributed by atoms with Crippen LogP contribution >= 0.6 is 0 Å². The van der Waals surface area contributed by atoms with Crippen LogP contribution in [0.4, 0.5) is 0 Å². The molecule has 0 radical (unpaired) electrons. The van der Waals surface area contributed by atoms with Gasteiger partial charge in [0.2, 0.25) is 0 Å². The van der Waals surface area contributed by atoms with Gasteiger partial charge >= 0.3 is 5.97 Å². The average molecular weight is 299 g/mol. The minimum absolute atomic E-state index is 0.168. The predicted molar refractivity (Wildman–Crippen MR) is 75.3 cm³/mol. The Morgan fingerprint density at radius 2 is 1.71 bits per heavy atom. The number of carbonyl (C=O) groups is 3. The van der Waals surface area contributed by atoms with Gasteiger partial charge in [-0.3, -0.25) is 14.4 Å². The van der Waals surface area contributed by atoms with Gasteiger partial charge in [-0.25, -0.2) is 0 Å². The number of Topliss-reactive ketones (excluding diaryl/α,β-unsaturated/α-hetero) is 2. The molecule has 0 saturated carbocycles. The molecule has 9 nitrogen and oxygen atoms in total. The summed E-state index contributed by atoms with van der Waals surface area (Å²) in [7, 11) is 0. The third kappa shape index (κ3) is 9.55. The van der Waals surface area contributed by atoms with Gasteiger partial charge in [0.25, 0.3) is 0 Å². The maximum absolute atomic E-state index is 11.7. The number of aliphatic carboxylic acids is 1. The van der Waals surface area contributed by atoms with Crippen molar-refractivity contribution in [3.05, 3.63) is 10.4 Å². The van der Waals surface area contributed by atoms with Crippen molar-refractivity contribution in [1.29, 1.82) is 0 Å². The van der Waals surface area contributed by atoms with E-state index in [1.807, 2.05) is 0 Å². The van der Waals surface area contributed by atoms with Gasteiger partial charge in [0.05, 0.1) is 12.6 Å². The van der Waals surface area contributed by atoms with Crippen LogP contribution in [-0.4, -0.2) is 41.3 Å². The topological polar surface area (TPSA) is 172 Å². The molecule has 0 aromatic heterocycles. The molecule has 2 atom stereocenters. The number of carboxylic acid groups (broad SMARTS) is 1. The maximum atomic E-state index is 11.7. The molecule has 0 amide bonds. The van der Waals surface area contributed by atoms with Crippen molar-refractivity contribution in [2.24, 2.45) is 16.6 Å². The Morgan fingerprint density at radius 1 is 1.10 bits per heavy atom. The van der Waals surface area contributed by atoms with Crippen LogP contribution in [0.2, 0.25) is 0 Å². The highest BCUT2D eigenvalue weighted by Gasteiger charge is 2.16. The van der Waals surface area contributed by atoms with Crippen LogP contribution < -0.4 is 11.5 Å². The SMILES string of the molecule is [N-]=[N+]=NCC(=O)CCCC(=O)C(N)CCCC(N)C(=O)O. The quantitative estimate of drug-likeness (QED) is 0.269. The van der Waals surface area contributed by atoms with E-state index < -0.39 is 18.1 Å². The van der Waals surface area contributed by atoms with Crippen LogP contribution in [-0.2, 0) is 14.4 Å². The van der Waals surface area contributed by atoms with E-state index in [2.05, 4.69) is 10.0 Å². The van der Waals surface area contributed by atoms with E-state index in [0.29, 0.717) is 19.3 Å². The average Bonchev–Trinajstić information content (AvgIpc) is 2.44. The first-order chi connectivity index (χ1) is 9.88. The maximum Gasteiger partial charge on any atom is 0.320 e. The number of hydrogen-bond donors (Lipinski definition) is 3. The number of nitrogens with two attached hydrogens (primary N) is 2. The van der Waals surface area contributed by atoms with Gasteiger partial charge < -0.3 is 16.6 Å². The van der Waals surface area contributed by atoms with E-state index in [9.17, 15) is 14.4 Å². The van der Waals surface area contributed by atoms with Crippen molar-refractivity contribution < 1.29 is 19.5 Å².